The van der Waals surface area contributed by atoms with Crippen LogP contribution in [0.5, 0.6) is 11.5 Å². The van der Waals surface area contributed by atoms with E-state index in [1.54, 1.807) is 26.8 Å². The minimum absolute atomic E-state index is 0.0180. The lowest BCUT2D eigenvalue weighted by atomic mass is 9.97. The lowest BCUT2D eigenvalue weighted by Crippen LogP contribution is -2.25. The summed E-state index contributed by atoms with van der Waals surface area (Å²) in [6.07, 6.45) is 0. The molecule has 6 heteroatoms. The lowest BCUT2D eigenvalue weighted by Gasteiger charge is -2.16. The second kappa shape index (κ2) is 4.83. The zero-order valence-electron chi connectivity index (χ0n) is 10.6. The smallest absolute Gasteiger partial charge is 0.316 e. The highest BCUT2D eigenvalue weighted by Crippen LogP contribution is 2.41. The maximum absolute atomic E-state index is 11.8. The number of esters is 1. The molecule has 1 N–H and O–H groups in total. The first-order chi connectivity index (χ1) is 8.70. The summed E-state index contributed by atoms with van der Waals surface area (Å²) in [7, 11) is 0. The molecule has 1 heterocycles. The molecular weight excluding hydrogens is 380 g/mol. The predicted molar refractivity (Wildman–Crippen MR) is 78.4 cm³/mol. The van der Waals surface area contributed by atoms with E-state index in [1.807, 2.05) is 0 Å². The summed E-state index contributed by atoms with van der Waals surface area (Å²) in [5.41, 5.74) is -0.190. The van der Waals surface area contributed by atoms with Gasteiger partial charge in [0.1, 0.15) is 17.1 Å². The predicted octanol–water partition coefficient (Wildman–Crippen LogP) is 4.61. The fraction of sp³-hybridized carbons (Fsp3) is 0.308. The van der Waals surface area contributed by atoms with E-state index >= 15 is 0 Å². The number of fused-ring (bicyclic) bond motifs is 1. The maximum atomic E-state index is 11.8. The summed E-state index contributed by atoms with van der Waals surface area (Å²) in [4.78, 5) is 11.8. The van der Waals surface area contributed by atoms with Crippen LogP contribution in [0, 0.1) is 5.41 Å². The first-order valence-electron chi connectivity index (χ1n) is 5.53. The Kier molecular flexibility index (Phi) is 3.66. The molecule has 0 fully saturated rings. The summed E-state index contributed by atoms with van der Waals surface area (Å²) in [6, 6.07) is 2.95. The third kappa shape index (κ3) is 2.79. The van der Waals surface area contributed by atoms with Gasteiger partial charge in [-0.25, -0.2) is 0 Å². The van der Waals surface area contributed by atoms with Crippen LogP contribution in [0.1, 0.15) is 20.8 Å². The molecule has 0 atom stereocenters. The second-order valence-corrected chi connectivity index (χ2v) is 6.66. The number of halogens is 2. The molecule has 0 bridgehead atoms. The minimum atomic E-state index is -0.616. The summed E-state index contributed by atoms with van der Waals surface area (Å²) >= 11 is 6.52. The molecule has 19 heavy (non-hydrogen) atoms. The van der Waals surface area contributed by atoms with Crippen molar-refractivity contribution in [2.24, 2.45) is 5.41 Å². The molecular formula is C13H12Br2O4. The molecule has 0 saturated carbocycles. The summed E-state index contributed by atoms with van der Waals surface area (Å²) in [6.45, 7) is 5.27. The fourth-order valence-electron chi connectivity index (χ4n) is 1.44. The van der Waals surface area contributed by atoms with Crippen LogP contribution in [0.4, 0.5) is 0 Å². The molecule has 1 aromatic heterocycles. The second-order valence-electron chi connectivity index (χ2n) is 5.14. The van der Waals surface area contributed by atoms with E-state index < -0.39 is 5.41 Å². The van der Waals surface area contributed by atoms with Gasteiger partial charge >= 0.3 is 5.97 Å². The molecule has 102 valence electrons. The highest BCUT2D eigenvalue weighted by Gasteiger charge is 2.24. The van der Waals surface area contributed by atoms with E-state index in [4.69, 9.17) is 9.15 Å². The number of benzene rings is 1. The van der Waals surface area contributed by atoms with Gasteiger partial charge in [-0.3, -0.25) is 4.79 Å². The Morgan fingerprint density at radius 3 is 2.53 bits per heavy atom. The molecule has 0 unspecified atom stereocenters. The largest absolute Gasteiger partial charge is 0.507 e. The van der Waals surface area contributed by atoms with Crippen molar-refractivity contribution in [2.45, 2.75) is 20.8 Å². The molecule has 2 rings (SSSR count). The lowest BCUT2D eigenvalue weighted by molar-refractivity contribution is -0.142. The number of carbonyl (C=O) groups is 1. The van der Waals surface area contributed by atoms with Crippen molar-refractivity contribution in [3.63, 3.8) is 0 Å². The molecule has 0 aliphatic carbocycles. The molecule has 2 aromatic rings. The van der Waals surface area contributed by atoms with Crippen LogP contribution in [0.15, 0.2) is 25.7 Å². The Morgan fingerprint density at radius 1 is 1.32 bits per heavy atom. The van der Waals surface area contributed by atoms with E-state index in [0.717, 1.165) is 0 Å². The van der Waals surface area contributed by atoms with Crippen LogP contribution in [0.2, 0.25) is 0 Å². The van der Waals surface area contributed by atoms with Crippen LogP contribution in [0.25, 0.3) is 11.0 Å². The number of furan rings is 1. The molecule has 0 amide bonds. The first kappa shape index (κ1) is 14.4. The number of rotatable bonds is 1. The summed E-state index contributed by atoms with van der Waals surface area (Å²) in [5, 5.41) is 10.5. The van der Waals surface area contributed by atoms with Crippen molar-refractivity contribution in [3.8, 4) is 11.5 Å². The van der Waals surface area contributed by atoms with Crippen molar-refractivity contribution in [1.82, 2.24) is 0 Å². The number of aromatic hydroxyl groups is 1. The SMILES string of the molecule is CC(C)(C)C(=O)Oc1cc(O)c2c(Br)c(Br)oc2c1. The van der Waals surface area contributed by atoms with Crippen LogP contribution < -0.4 is 4.74 Å². The number of phenols is 1. The molecule has 0 saturated heterocycles. The number of hydrogen-bond donors (Lipinski definition) is 1. The van der Waals surface area contributed by atoms with Gasteiger partial charge in [-0.2, -0.15) is 0 Å². The fourth-order valence-corrected chi connectivity index (χ4v) is 2.29. The van der Waals surface area contributed by atoms with Gasteiger partial charge < -0.3 is 14.3 Å². The average molecular weight is 392 g/mol. The number of hydrogen-bond acceptors (Lipinski definition) is 4. The molecule has 0 radical (unpaired) electrons. The number of phenolic OH excluding ortho intramolecular Hbond substituents is 1. The molecule has 0 aliphatic rings. The third-order valence-corrected chi connectivity index (χ3v) is 4.32. The van der Waals surface area contributed by atoms with Crippen molar-refractivity contribution in [3.05, 3.63) is 21.3 Å². The van der Waals surface area contributed by atoms with Gasteiger partial charge in [0.2, 0.25) is 0 Å². The Balaban J connectivity index is 2.45. The quantitative estimate of drug-likeness (QED) is 0.569. The molecule has 1 aromatic carbocycles. The Labute approximate surface area is 127 Å². The third-order valence-electron chi connectivity index (χ3n) is 2.47. The minimum Gasteiger partial charge on any atom is -0.507 e. The van der Waals surface area contributed by atoms with Crippen LogP contribution in [0.3, 0.4) is 0 Å². The maximum Gasteiger partial charge on any atom is 0.316 e. The topological polar surface area (TPSA) is 59.7 Å². The summed E-state index contributed by atoms with van der Waals surface area (Å²) in [5.74, 6) is -0.148. The van der Waals surface area contributed by atoms with E-state index in [2.05, 4.69) is 31.9 Å². The standard InChI is InChI=1S/C13H12Br2O4/c1-13(2,3)12(17)18-6-4-7(16)9-8(5-6)19-11(15)10(9)14/h4-5,16H,1-3H3. The van der Waals surface area contributed by atoms with Gasteiger partial charge in [0, 0.05) is 12.1 Å². The Morgan fingerprint density at radius 2 is 1.95 bits per heavy atom. The van der Waals surface area contributed by atoms with Gasteiger partial charge in [0.25, 0.3) is 0 Å². The molecule has 0 aliphatic heterocycles. The van der Waals surface area contributed by atoms with E-state index in [-0.39, 0.29) is 17.5 Å². The number of ether oxygens (including phenoxy) is 1. The zero-order chi connectivity index (χ0) is 14.4. The van der Waals surface area contributed by atoms with Crippen LogP contribution >= 0.6 is 31.9 Å². The van der Waals surface area contributed by atoms with Gasteiger partial charge in [-0.05, 0) is 52.6 Å². The van der Waals surface area contributed by atoms with Crippen LogP contribution in [-0.4, -0.2) is 11.1 Å². The van der Waals surface area contributed by atoms with Crippen LogP contribution in [-0.2, 0) is 4.79 Å². The highest BCUT2D eigenvalue weighted by atomic mass is 79.9. The molecule has 4 nitrogen and oxygen atoms in total. The van der Waals surface area contributed by atoms with Gasteiger partial charge in [-0.1, -0.05) is 0 Å². The Hall–Kier alpha value is -1.01. The van der Waals surface area contributed by atoms with Crippen molar-refractivity contribution in [1.29, 1.82) is 0 Å². The van der Waals surface area contributed by atoms with E-state index in [1.165, 1.54) is 6.07 Å². The van der Waals surface area contributed by atoms with Gasteiger partial charge in [0.15, 0.2) is 4.67 Å². The summed E-state index contributed by atoms with van der Waals surface area (Å²) < 4.78 is 11.7. The number of carbonyl (C=O) groups excluding carboxylic acids is 1. The average Bonchev–Trinajstić information content (AvgIpc) is 2.53. The first-order valence-corrected chi connectivity index (χ1v) is 7.11. The Bertz CT molecular complexity index is 653. The van der Waals surface area contributed by atoms with E-state index in [9.17, 15) is 9.90 Å². The molecule has 0 spiro atoms. The normalized spacial score (nSPS) is 11.8. The highest BCUT2D eigenvalue weighted by molar-refractivity contribution is 9.13. The van der Waals surface area contributed by atoms with Crippen molar-refractivity contribution in [2.75, 3.05) is 0 Å². The van der Waals surface area contributed by atoms with Gasteiger partial charge in [0.05, 0.1) is 15.3 Å². The monoisotopic (exact) mass is 390 g/mol. The zero-order valence-corrected chi connectivity index (χ0v) is 13.8. The van der Waals surface area contributed by atoms with Crippen molar-refractivity contribution < 1.29 is 19.1 Å². The van der Waals surface area contributed by atoms with E-state index in [0.29, 0.717) is 20.1 Å². The van der Waals surface area contributed by atoms with Gasteiger partial charge in [-0.15, -0.1) is 0 Å². The van der Waals surface area contributed by atoms with Crippen molar-refractivity contribution >= 4 is 48.8 Å².